The van der Waals surface area contributed by atoms with Crippen LogP contribution < -0.4 is 5.32 Å². The molecule has 0 unspecified atom stereocenters. The number of thioether (sulfide) groups is 1. The molecule has 1 atom stereocenters. The van der Waals surface area contributed by atoms with Crippen LogP contribution in [0.3, 0.4) is 0 Å². The molecule has 4 rings (SSSR count). The number of benzene rings is 2. The van der Waals surface area contributed by atoms with E-state index in [4.69, 9.17) is 4.98 Å². The minimum atomic E-state index is -0.257. The van der Waals surface area contributed by atoms with Gasteiger partial charge in [0.1, 0.15) is 5.82 Å². The Kier molecular flexibility index (Phi) is 5.25. The molecule has 0 bridgehead atoms. The number of nitrogens with one attached hydrogen (secondary N) is 1. The smallest absolute Gasteiger partial charge is 0.233 e. The van der Waals surface area contributed by atoms with Crippen molar-refractivity contribution in [2.24, 2.45) is 0 Å². The molecule has 138 valence electrons. The highest BCUT2D eigenvalue weighted by atomic mass is 32.2. The van der Waals surface area contributed by atoms with Gasteiger partial charge in [0.25, 0.3) is 0 Å². The van der Waals surface area contributed by atoms with Crippen molar-refractivity contribution < 1.29 is 4.79 Å². The number of hydrogen-bond acceptors (Lipinski definition) is 4. The van der Waals surface area contributed by atoms with E-state index < -0.39 is 0 Å². The zero-order valence-electron chi connectivity index (χ0n) is 15.2. The lowest BCUT2D eigenvalue weighted by molar-refractivity contribution is -0.120. The molecule has 1 heterocycles. The predicted octanol–water partition coefficient (Wildman–Crippen LogP) is 3.94. The molecule has 1 aliphatic carbocycles. The molecule has 0 spiro atoms. The fourth-order valence-electron chi connectivity index (χ4n) is 2.86. The fourth-order valence-corrected chi connectivity index (χ4v) is 3.64. The Hall–Kier alpha value is -2.60. The van der Waals surface area contributed by atoms with Crippen LogP contribution in [-0.4, -0.2) is 25.9 Å². The van der Waals surface area contributed by atoms with E-state index in [2.05, 4.69) is 10.4 Å². The molecule has 1 aromatic heterocycles. The molecule has 1 saturated carbocycles. The molecular formula is C21H22N4OS. The van der Waals surface area contributed by atoms with E-state index in [-0.39, 0.29) is 11.2 Å². The second kappa shape index (κ2) is 7.96. The number of carbonyl (C=O) groups excluding carboxylic acids is 1. The maximum atomic E-state index is 12.4. The Labute approximate surface area is 163 Å². The molecule has 1 aliphatic rings. The van der Waals surface area contributed by atoms with Gasteiger partial charge in [0.05, 0.1) is 10.9 Å². The van der Waals surface area contributed by atoms with Gasteiger partial charge in [-0.1, -0.05) is 60.3 Å². The van der Waals surface area contributed by atoms with Gasteiger partial charge in [0.15, 0.2) is 0 Å². The summed E-state index contributed by atoms with van der Waals surface area (Å²) in [6.07, 6.45) is 2.31. The number of nitrogens with zero attached hydrogens (tertiary/aromatic N) is 3. The van der Waals surface area contributed by atoms with Crippen molar-refractivity contribution in [3.63, 3.8) is 0 Å². The number of hydrogen-bond donors (Lipinski definition) is 1. The van der Waals surface area contributed by atoms with Gasteiger partial charge in [-0.2, -0.15) is 0 Å². The summed E-state index contributed by atoms with van der Waals surface area (Å²) in [6.45, 7) is 2.43. The molecule has 0 aliphatic heterocycles. The van der Waals surface area contributed by atoms with Crippen LogP contribution in [0.1, 0.15) is 37.1 Å². The van der Waals surface area contributed by atoms with Gasteiger partial charge >= 0.3 is 0 Å². The Bertz CT molecular complexity index is 906. The van der Waals surface area contributed by atoms with E-state index in [1.54, 1.807) is 0 Å². The topological polar surface area (TPSA) is 59.8 Å². The number of carbonyl (C=O) groups is 1. The van der Waals surface area contributed by atoms with Gasteiger partial charge in [-0.15, -0.1) is 5.10 Å². The highest BCUT2D eigenvalue weighted by Crippen LogP contribution is 2.40. The van der Waals surface area contributed by atoms with Crippen LogP contribution in [0.2, 0.25) is 0 Å². The molecule has 0 saturated heterocycles. The van der Waals surface area contributed by atoms with Crippen LogP contribution >= 0.6 is 11.8 Å². The summed E-state index contributed by atoms with van der Waals surface area (Å²) in [5, 5.41) is 8.05. The van der Waals surface area contributed by atoms with Crippen LogP contribution in [0.5, 0.6) is 0 Å². The third-order valence-corrected chi connectivity index (χ3v) is 5.47. The molecule has 0 radical (unpaired) electrons. The molecule has 2 aromatic carbocycles. The van der Waals surface area contributed by atoms with E-state index >= 15 is 0 Å². The summed E-state index contributed by atoms with van der Waals surface area (Å²) in [4.78, 5) is 17.2. The largest absolute Gasteiger partial charge is 0.351 e. The number of amides is 1. The molecule has 6 heteroatoms. The maximum Gasteiger partial charge on any atom is 0.233 e. The summed E-state index contributed by atoms with van der Waals surface area (Å²) >= 11 is 1.41. The summed E-state index contributed by atoms with van der Waals surface area (Å²) in [6, 6.07) is 20.0. The highest BCUT2D eigenvalue weighted by molar-refractivity contribution is 8.00. The Morgan fingerprint density at radius 1 is 1.15 bits per heavy atom. The Balaban J connectivity index is 1.43. The summed E-state index contributed by atoms with van der Waals surface area (Å²) < 4.78 is 1.93. The van der Waals surface area contributed by atoms with Gasteiger partial charge in [0, 0.05) is 12.5 Å². The monoisotopic (exact) mass is 378 g/mol. The van der Waals surface area contributed by atoms with Crippen molar-refractivity contribution in [3.8, 4) is 5.69 Å². The average molecular weight is 379 g/mol. The third-order valence-electron chi connectivity index (χ3n) is 4.52. The lowest BCUT2D eigenvalue weighted by atomic mass is 10.2. The van der Waals surface area contributed by atoms with Crippen molar-refractivity contribution in [1.29, 1.82) is 0 Å². The quantitative estimate of drug-likeness (QED) is 0.633. The number of para-hydroxylation sites is 1. The maximum absolute atomic E-state index is 12.4. The zero-order chi connectivity index (χ0) is 18.6. The molecule has 1 N–H and O–H groups in total. The first kappa shape index (κ1) is 17.8. The fraction of sp³-hybridized carbons (Fsp3) is 0.286. The van der Waals surface area contributed by atoms with E-state index in [1.165, 1.54) is 11.8 Å². The van der Waals surface area contributed by atoms with Crippen molar-refractivity contribution in [1.82, 2.24) is 20.1 Å². The summed E-state index contributed by atoms with van der Waals surface area (Å²) in [5.74, 6) is 1.47. The predicted molar refractivity (Wildman–Crippen MR) is 107 cm³/mol. The molecule has 27 heavy (non-hydrogen) atoms. The second-order valence-electron chi connectivity index (χ2n) is 6.74. The van der Waals surface area contributed by atoms with Crippen molar-refractivity contribution in [2.75, 3.05) is 0 Å². The number of aromatic nitrogens is 3. The van der Waals surface area contributed by atoms with Crippen LogP contribution in [0.4, 0.5) is 0 Å². The van der Waals surface area contributed by atoms with E-state index in [0.717, 1.165) is 29.9 Å². The van der Waals surface area contributed by atoms with Crippen LogP contribution in [0.15, 0.2) is 65.8 Å². The normalized spacial score (nSPS) is 14.7. The van der Waals surface area contributed by atoms with Gasteiger partial charge in [-0.25, -0.2) is 9.67 Å². The Morgan fingerprint density at radius 3 is 2.48 bits per heavy atom. The molecule has 1 amide bonds. The van der Waals surface area contributed by atoms with Crippen molar-refractivity contribution in [2.45, 2.75) is 42.6 Å². The van der Waals surface area contributed by atoms with E-state index in [1.807, 2.05) is 72.3 Å². The first-order valence-corrected chi connectivity index (χ1v) is 10.1. The van der Waals surface area contributed by atoms with Gasteiger partial charge in [-0.05, 0) is 37.5 Å². The van der Waals surface area contributed by atoms with Gasteiger partial charge < -0.3 is 5.32 Å². The van der Waals surface area contributed by atoms with Crippen molar-refractivity contribution in [3.05, 3.63) is 72.1 Å². The molecule has 1 fully saturated rings. The standard InChI is InChI=1S/C21H22N4OS/c1-15(20(26)22-14-16-8-4-2-5-9-16)27-21-23-19(17-12-13-17)25(24-21)18-10-6-3-7-11-18/h2-11,15,17H,12-14H2,1H3,(H,22,26)/t15-/m0/s1. The number of rotatable bonds is 7. The Morgan fingerprint density at radius 2 is 1.81 bits per heavy atom. The van der Waals surface area contributed by atoms with Crippen molar-refractivity contribution >= 4 is 17.7 Å². The first-order valence-electron chi connectivity index (χ1n) is 9.21. The van der Waals surface area contributed by atoms with Crippen LogP contribution in [0, 0.1) is 0 Å². The minimum absolute atomic E-state index is 0.00659. The minimum Gasteiger partial charge on any atom is -0.351 e. The lowest BCUT2D eigenvalue weighted by Crippen LogP contribution is -2.30. The summed E-state index contributed by atoms with van der Waals surface area (Å²) in [5.41, 5.74) is 2.10. The third kappa shape index (κ3) is 4.39. The first-order chi connectivity index (χ1) is 13.2. The molecular weight excluding hydrogens is 356 g/mol. The average Bonchev–Trinajstić information content (AvgIpc) is 3.48. The highest BCUT2D eigenvalue weighted by Gasteiger charge is 2.31. The zero-order valence-corrected chi connectivity index (χ0v) is 16.0. The lowest BCUT2D eigenvalue weighted by Gasteiger charge is -2.10. The van der Waals surface area contributed by atoms with Gasteiger partial charge in [0.2, 0.25) is 11.1 Å². The SMILES string of the molecule is C[C@H](Sc1nc(C2CC2)n(-c2ccccc2)n1)C(=O)NCc1ccccc1. The van der Waals surface area contributed by atoms with E-state index in [9.17, 15) is 4.79 Å². The van der Waals surface area contributed by atoms with Crippen LogP contribution in [-0.2, 0) is 11.3 Å². The summed E-state index contributed by atoms with van der Waals surface area (Å²) in [7, 11) is 0. The molecule has 5 nitrogen and oxygen atoms in total. The van der Waals surface area contributed by atoms with E-state index in [0.29, 0.717) is 17.6 Å². The van der Waals surface area contributed by atoms with Crippen LogP contribution in [0.25, 0.3) is 5.69 Å². The second-order valence-corrected chi connectivity index (χ2v) is 8.05. The van der Waals surface area contributed by atoms with Gasteiger partial charge in [-0.3, -0.25) is 4.79 Å². The molecule has 3 aromatic rings.